The molecule has 1 aromatic rings. The molecule has 0 amide bonds. The molecule has 1 heterocycles. The van der Waals surface area contributed by atoms with Gasteiger partial charge < -0.3 is 21.1 Å². The highest BCUT2D eigenvalue weighted by atomic mass is 19.1. The topological polar surface area (TPSA) is 64.5 Å². The normalized spacial score (nSPS) is 16.7. The Hall–Kier alpha value is -1.49. The van der Waals surface area contributed by atoms with Crippen LogP contribution in [0, 0.1) is 5.82 Å². The number of benzene rings is 1. The third kappa shape index (κ3) is 1.83. The van der Waals surface area contributed by atoms with Crippen LogP contribution >= 0.6 is 0 Å². The Labute approximate surface area is 87.6 Å². The molecule has 0 spiro atoms. The van der Waals surface area contributed by atoms with Gasteiger partial charge in [-0.15, -0.1) is 0 Å². The Bertz CT molecular complexity index is 364. The molecule has 82 valence electrons. The van der Waals surface area contributed by atoms with Gasteiger partial charge >= 0.3 is 0 Å². The zero-order chi connectivity index (χ0) is 10.8. The van der Waals surface area contributed by atoms with E-state index in [1.165, 1.54) is 0 Å². The fraction of sp³-hybridized carbons (Fsp3) is 0.400. The van der Waals surface area contributed by atoms with Gasteiger partial charge in [0, 0.05) is 13.1 Å². The van der Waals surface area contributed by atoms with E-state index in [1.807, 2.05) is 4.90 Å². The molecule has 0 saturated carbocycles. The summed E-state index contributed by atoms with van der Waals surface area (Å²) in [5, 5.41) is 0. The van der Waals surface area contributed by atoms with Crippen LogP contribution in [0.2, 0.25) is 0 Å². The van der Waals surface area contributed by atoms with Crippen molar-refractivity contribution in [1.29, 1.82) is 0 Å². The molecule has 4 N–H and O–H groups in total. The Morgan fingerprint density at radius 3 is 2.53 bits per heavy atom. The zero-order valence-corrected chi connectivity index (χ0v) is 8.37. The molecule has 0 atom stereocenters. The van der Waals surface area contributed by atoms with Gasteiger partial charge in [0.1, 0.15) is 0 Å². The summed E-state index contributed by atoms with van der Waals surface area (Å²) >= 11 is 0. The summed E-state index contributed by atoms with van der Waals surface area (Å²) in [4.78, 5) is 1.91. The van der Waals surface area contributed by atoms with Crippen molar-refractivity contribution in [2.75, 3.05) is 42.7 Å². The van der Waals surface area contributed by atoms with Crippen LogP contribution in [0.25, 0.3) is 0 Å². The highest BCUT2D eigenvalue weighted by molar-refractivity contribution is 5.71. The fourth-order valence-corrected chi connectivity index (χ4v) is 1.64. The molecule has 0 aliphatic carbocycles. The van der Waals surface area contributed by atoms with E-state index in [0.29, 0.717) is 32.0 Å². The Morgan fingerprint density at radius 2 is 1.87 bits per heavy atom. The van der Waals surface area contributed by atoms with Crippen LogP contribution in [-0.4, -0.2) is 26.3 Å². The second kappa shape index (κ2) is 3.94. The summed E-state index contributed by atoms with van der Waals surface area (Å²) in [6.07, 6.45) is 0. The number of nitrogens with two attached hydrogens (primary N) is 2. The number of rotatable bonds is 1. The van der Waals surface area contributed by atoms with Gasteiger partial charge in [-0.1, -0.05) is 0 Å². The highest BCUT2D eigenvalue weighted by Gasteiger charge is 2.17. The van der Waals surface area contributed by atoms with Crippen LogP contribution in [0.15, 0.2) is 12.1 Å². The lowest BCUT2D eigenvalue weighted by molar-refractivity contribution is 0.122. The van der Waals surface area contributed by atoms with E-state index in [-0.39, 0.29) is 11.4 Å². The number of halogens is 1. The number of morpholine rings is 1. The monoisotopic (exact) mass is 211 g/mol. The van der Waals surface area contributed by atoms with E-state index in [2.05, 4.69) is 0 Å². The first-order valence-corrected chi connectivity index (χ1v) is 4.86. The minimum atomic E-state index is -0.433. The van der Waals surface area contributed by atoms with Crippen LogP contribution in [0.1, 0.15) is 0 Å². The third-order valence-corrected chi connectivity index (χ3v) is 2.54. The molecular weight excluding hydrogens is 197 g/mol. The molecule has 2 rings (SSSR count). The molecule has 1 aliphatic heterocycles. The fourth-order valence-electron chi connectivity index (χ4n) is 1.64. The van der Waals surface area contributed by atoms with E-state index in [0.717, 1.165) is 0 Å². The van der Waals surface area contributed by atoms with Crippen LogP contribution in [0.4, 0.5) is 21.5 Å². The van der Waals surface area contributed by atoms with Crippen LogP contribution < -0.4 is 16.4 Å². The smallest absolute Gasteiger partial charge is 0.171 e. The number of anilines is 3. The molecule has 1 fully saturated rings. The van der Waals surface area contributed by atoms with Gasteiger partial charge in [0.05, 0.1) is 30.3 Å². The van der Waals surface area contributed by atoms with Crippen molar-refractivity contribution in [3.8, 4) is 0 Å². The van der Waals surface area contributed by atoms with E-state index in [1.54, 1.807) is 12.1 Å². The first-order valence-electron chi connectivity index (χ1n) is 4.86. The Kier molecular flexibility index (Phi) is 2.64. The predicted octanol–water partition coefficient (Wildman–Crippen LogP) is 0.827. The molecule has 5 heteroatoms. The van der Waals surface area contributed by atoms with E-state index in [4.69, 9.17) is 16.2 Å². The summed E-state index contributed by atoms with van der Waals surface area (Å²) in [6, 6.07) is 3.29. The van der Waals surface area contributed by atoms with Crippen LogP contribution in [0.3, 0.4) is 0 Å². The van der Waals surface area contributed by atoms with Gasteiger partial charge in [-0.2, -0.15) is 0 Å². The molecule has 0 bridgehead atoms. The summed E-state index contributed by atoms with van der Waals surface area (Å²) in [5.74, 6) is -0.433. The van der Waals surface area contributed by atoms with Crippen LogP contribution in [-0.2, 0) is 4.74 Å². The van der Waals surface area contributed by atoms with Crippen molar-refractivity contribution in [3.05, 3.63) is 17.9 Å². The first kappa shape index (κ1) is 10.0. The maximum absolute atomic E-state index is 13.8. The Balaban J connectivity index is 2.31. The number of nitrogen functional groups attached to an aromatic ring is 2. The predicted molar refractivity (Wildman–Crippen MR) is 58.3 cm³/mol. The van der Waals surface area contributed by atoms with E-state index < -0.39 is 5.82 Å². The summed E-state index contributed by atoms with van der Waals surface area (Å²) in [7, 11) is 0. The van der Waals surface area contributed by atoms with E-state index in [9.17, 15) is 4.39 Å². The average molecular weight is 211 g/mol. The average Bonchev–Trinajstić information content (AvgIpc) is 2.27. The number of nitrogens with zero attached hydrogens (tertiary/aromatic N) is 1. The van der Waals surface area contributed by atoms with E-state index >= 15 is 0 Å². The molecule has 0 aromatic heterocycles. The molecule has 1 aromatic carbocycles. The summed E-state index contributed by atoms with van der Waals surface area (Å²) < 4.78 is 19.0. The van der Waals surface area contributed by atoms with Crippen molar-refractivity contribution < 1.29 is 9.13 Å². The lowest BCUT2D eigenvalue weighted by Gasteiger charge is -2.29. The number of hydrogen-bond acceptors (Lipinski definition) is 4. The minimum absolute atomic E-state index is 0.0268. The highest BCUT2D eigenvalue weighted by Crippen LogP contribution is 2.28. The first-order chi connectivity index (χ1) is 7.20. The Morgan fingerprint density at radius 1 is 1.20 bits per heavy atom. The van der Waals surface area contributed by atoms with Gasteiger partial charge in [0.2, 0.25) is 0 Å². The van der Waals surface area contributed by atoms with Gasteiger partial charge in [-0.05, 0) is 12.1 Å². The lowest BCUT2D eigenvalue weighted by atomic mass is 10.2. The van der Waals surface area contributed by atoms with Gasteiger partial charge in [-0.25, -0.2) is 4.39 Å². The molecule has 1 saturated heterocycles. The molecule has 4 nitrogen and oxygen atoms in total. The third-order valence-electron chi connectivity index (χ3n) is 2.54. The molecule has 15 heavy (non-hydrogen) atoms. The molecule has 1 aliphatic rings. The molecule has 0 unspecified atom stereocenters. The minimum Gasteiger partial charge on any atom is -0.397 e. The standard InChI is InChI=1S/C10H14FN3O/c11-9-8(2-1-7(12)10(9)13)14-3-5-15-6-4-14/h1-2H,3-6,12-13H2. The largest absolute Gasteiger partial charge is 0.397 e. The summed E-state index contributed by atoms with van der Waals surface area (Å²) in [5.41, 5.74) is 11.9. The summed E-state index contributed by atoms with van der Waals surface area (Å²) in [6.45, 7) is 2.59. The molecule has 0 radical (unpaired) electrons. The maximum Gasteiger partial charge on any atom is 0.171 e. The second-order valence-corrected chi connectivity index (χ2v) is 3.50. The second-order valence-electron chi connectivity index (χ2n) is 3.50. The van der Waals surface area contributed by atoms with Crippen molar-refractivity contribution in [2.45, 2.75) is 0 Å². The zero-order valence-electron chi connectivity index (χ0n) is 8.37. The van der Waals surface area contributed by atoms with Crippen LogP contribution in [0.5, 0.6) is 0 Å². The van der Waals surface area contributed by atoms with Crippen molar-refractivity contribution in [3.63, 3.8) is 0 Å². The number of ether oxygens (including phenoxy) is 1. The van der Waals surface area contributed by atoms with Crippen molar-refractivity contribution in [2.24, 2.45) is 0 Å². The van der Waals surface area contributed by atoms with Gasteiger partial charge in [-0.3, -0.25) is 0 Å². The van der Waals surface area contributed by atoms with Gasteiger partial charge in [0.15, 0.2) is 5.82 Å². The molecular formula is C10H14FN3O. The van der Waals surface area contributed by atoms with Gasteiger partial charge in [0.25, 0.3) is 0 Å². The lowest BCUT2D eigenvalue weighted by Crippen LogP contribution is -2.36. The van der Waals surface area contributed by atoms with Crippen molar-refractivity contribution >= 4 is 17.1 Å². The quantitative estimate of drug-likeness (QED) is 0.675. The number of hydrogen-bond donors (Lipinski definition) is 2. The maximum atomic E-state index is 13.8. The SMILES string of the molecule is Nc1ccc(N2CCOCC2)c(F)c1N. The van der Waals surface area contributed by atoms with Crippen molar-refractivity contribution in [1.82, 2.24) is 0 Å².